The van der Waals surface area contributed by atoms with Gasteiger partial charge in [-0.1, -0.05) is 84.9 Å². The van der Waals surface area contributed by atoms with Crippen molar-refractivity contribution >= 4 is 33.9 Å². The number of anilines is 2. The average Bonchev–Trinajstić information content (AvgIpc) is 3.37. The van der Waals surface area contributed by atoms with E-state index in [2.05, 4.69) is 133 Å². The van der Waals surface area contributed by atoms with Gasteiger partial charge in [-0.3, -0.25) is 0 Å². The van der Waals surface area contributed by atoms with Crippen LogP contribution in [0.25, 0.3) is 22.5 Å². The molecule has 0 radical (unpaired) electrons. The second kappa shape index (κ2) is 7.28. The molecular weight excluding hydrogens is 388 g/mol. The third kappa shape index (κ3) is 2.66. The molecule has 2 nitrogen and oxygen atoms in total. The molecule has 2 heteroatoms. The monoisotopic (exact) mass is 412 g/mol. The zero-order chi connectivity index (χ0) is 21.7. The van der Waals surface area contributed by atoms with E-state index in [1.807, 2.05) is 0 Å². The van der Waals surface area contributed by atoms with Crippen LogP contribution in [0.3, 0.4) is 0 Å². The summed E-state index contributed by atoms with van der Waals surface area (Å²) in [6, 6.07) is 38.9. The van der Waals surface area contributed by atoms with Crippen LogP contribution >= 0.6 is 0 Å². The van der Waals surface area contributed by atoms with E-state index in [9.17, 15) is 0 Å². The predicted molar refractivity (Wildman–Crippen MR) is 136 cm³/mol. The molecule has 0 aliphatic heterocycles. The van der Waals surface area contributed by atoms with Crippen molar-refractivity contribution in [3.05, 3.63) is 131 Å². The Morgan fingerprint density at radius 1 is 0.375 bits per heavy atom. The smallest absolute Gasteiger partial charge is 0.0575 e. The number of hydrogen-bond donors (Lipinski definition) is 0. The van der Waals surface area contributed by atoms with Gasteiger partial charge >= 0.3 is 0 Å². The van der Waals surface area contributed by atoms with Crippen LogP contribution in [0.15, 0.2) is 109 Å². The van der Waals surface area contributed by atoms with Gasteiger partial charge in [0.25, 0.3) is 0 Å². The average molecular weight is 413 g/mol. The number of hydrogen-bond acceptors (Lipinski definition) is 2. The molecule has 154 valence electrons. The number of allylic oxidation sites excluding steroid dienone is 2. The van der Waals surface area contributed by atoms with E-state index in [1.165, 1.54) is 56.2 Å². The van der Waals surface area contributed by atoms with Crippen molar-refractivity contribution in [2.45, 2.75) is 0 Å². The third-order valence-corrected chi connectivity index (χ3v) is 6.58. The van der Waals surface area contributed by atoms with Gasteiger partial charge in [-0.15, -0.1) is 0 Å². The van der Waals surface area contributed by atoms with Crippen molar-refractivity contribution in [2.75, 3.05) is 23.9 Å². The van der Waals surface area contributed by atoms with E-state index in [4.69, 9.17) is 0 Å². The number of rotatable bonds is 4. The minimum absolute atomic E-state index is 1.19. The minimum atomic E-state index is 1.19. The summed E-state index contributed by atoms with van der Waals surface area (Å²) in [6.07, 6.45) is 0. The van der Waals surface area contributed by atoms with Crippen LogP contribution < -0.4 is 9.80 Å². The lowest BCUT2D eigenvalue weighted by Gasteiger charge is -2.24. The van der Waals surface area contributed by atoms with Gasteiger partial charge in [0.15, 0.2) is 0 Å². The quantitative estimate of drug-likeness (QED) is 0.355. The molecular formula is C30H24N2. The number of nitrogens with zero attached hydrogens (tertiary/aromatic N) is 2. The van der Waals surface area contributed by atoms with Gasteiger partial charge < -0.3 is 9.80 Å². The Bertz CT molecular complexity index is 1270. The van der Waals surface area contributed by atoms with Gasteiger partial charge in [0, 0.05) is 47.7 Å². The fourth-order valence-electron chi connectivity index (χ4n) is 5.10. The fourth-order valence-corrected chi connectivity index (χ4v) is 5.10. The lowest BCUT2D eigenvalue weighted by Crippen LogP contribution is -2.16. The van der Waals surface area contributed by atoms with Gasteiger partial charge in [-0.2, -0.15) is 0 Å². The first kappa shape index (κ1) is 18.7. The van der Waals surface area contributed by atoms with E-state index in [-0.39, 0.29) is 0 Å². The molecule has 0 saturated heterocycles. The lowest BCUT2D eigenvalue weighted by atomic mass is 10.0. The Labute approximate surface area is 189 Å². The molecule has 4 aromatic carbocycles. The van der Waals surface area contributed by atoms with Crippen LogP contribution in [0.5, 0.6) is 0 Å². The third-order valence-electron chi connectivity index (χ3n) is 6.58. The van der Waals surface area contributed by atoms with Crippen molar-refractivity contribution < 1.29 is 0 Å². The van der Waals surface area contributed by atoms with Crippen molar-refractivity contribution in [3.8, 4) is 0 Å². The topological polar surface area (TPSA) is 6.48 Å². The van der Waals surface area contributed by atoms with Crippen LogP contribution in [0.2, 0.25) is 0 Å². The van der Waals surface area contributed by atoms with Gasteiger partial charge in [0.2, 0.25) is 0 Å². The molecule has 2 aliphatic rings. The zero-order valence-electron chi connectivity index (χ0n) is 18.3. The lowest BCUT2D eigenvalue weighted by molar-refractivity contribution is 1.22. The first-order valence-electron chi connectivity index (χ1n) is 11.0. The maximum absolute atomic E-state index is 2.34. The molecule has 32 heavy (non-hydrogen) atoms. The molecule has 0 atom stereocenters. The van der Waals surface area contributed by atoms with Gasteiger partial charge in [0.05, 0.1) is 11.4 Å². The van der Waals surface area contributed by atoms with Crippen LogP contribution in [-0.4, -0.2) is 14.1 Å². The second-order valence-corrected chi connectivity index (χ2v) is 8.33. The highest BCUT2D eigenvalue weighted by Gasteiger charge is 2.39. The second-order valence-electron chi connectivity index (χ2n) is 8.33. The van der Waals surface area contributed by atoms with E-state index in [0.717, 1.165) is 0 Å². The van der Waals surface area contributed by atoms with Gasteiger partial charge in [-0.05, 0) is 35.4 Å². The van der Waals surface area contributed by atoms with E-state index in [0.29, 0.717) is 0 Å². The summed E-state index contributed by atoms with van der Waals surface area (Å²) < 4.78 is 0. The fraction of sp³-hybridized carbons (Fsp3) is 0.0667. The highest BCUT2D eigenvalue weighted by atomic mass is 15.1. The molecule has 0 unspecified atom stereocenters. The molecule has 2 aliphatic carbocycles. The van der Waals surface area contributed by atoms with Crippen molar-refractivity contribution in [1.29, 1.82) is 0 Å². The maximum Gasteiger partial charge on any atom is 0.0575 e. The molecule has 6 rings (SSSR count). The molecule has 0 bridgehead atoms. The van der Waals surface area contributed by atoms with E-state index < -0.39 is 0 Å². The Morgan fingerprint density at radius 2 is 0.688 bits per heavy atom. The summed E-state index contributed by atoms with van der Waals surface area (Å²) in [5.41, 5.74) is 12.7. The summed E-state index contributed by atoms with van der Waals surface area (Å²) >= 11 is 0. The molecule has 0 fully saturated rings. The summed E-state index contributed by atoms with van der Waals surface area (Å²) in [7, 11) is 4.36. The Hall–Kier alpha value is -4.04. The van der Waals surface area contributed by atoms with Crippen molar-refractivity contribution in [2.24, 2.45) is 0 Å². The Balaban J connectivity index is 1.67. The number of para-hydroxylation sites is 2. The van der Waals surface area contributed by atoms with Crippen molar-refractivity contribution in [1.82, 2.24) is 0 Å². The summed E-state index contributed by atoms with van der Waals surface area (Å²) in [4.78, 5) is 4.67. The van der Waals surface area contributed by atoms with E-state index >= 15 is 0 Å². The van der Waals surface area contributed by atoms with Crippen LogP contribution in [0.4, 0.5) is 11.4 Å². The predicted octanol–water partition coefficient (Wildman–Crippen LogP) is 7.02. The highest BCUT2D eigenvalue weighted by molar-refractivity contribution is 6.34. The van der Waals surface area contributed by atoms with Crippen LogP contribution in [-0.2, 0) is 0 Å². The first-order chi connectivity index (χ1) is 15.8. The normalized spacial score (nSPS) is 13.7. The zero-order valence-corrected chi connectivity index (χ0v) is 18.3. The molecule has 0 aromatic heterocycles. The van der Waals surface area contributed by atoms with Gasteiger partial charge in [-0.25, -0.2) is 0 Å². The summed E-state index contributed by atoms with van der Waals surface area (Å²) in [5.74, 6) is 0. The standard InChI is InChI=1S/C30H24N2/c1-31(21-13-5-3-6-14-21)29-25-19-11-9-17-23(25)28-27(29)24-18-10-12-20-26(24)30(28)32(2)22-15-7-4-8-16-22/h3-20H,1-2H3. The summed E-state index contributed by atoms with van der Waals surface area (Å²) in [6.45, 7) is 0. The van der Waals surface area contributed by atoms with Crippen molar-refractivity contribution in [3.63, 3.8) is 0 Å². The maximum atomic E-state index is 2.34. The molecule has 0 amide bonds. The molecule has 0 saturated carbocycles. The van der Waals surface area contributed by atoms with Crippen LogP contribution in [0.1, 0.15) is 22.3 Å². The molecule has 0 N–H and O–H groups in total. The largest absolute Gasteiger partial charge is 0.344 e. The van der Waals surface area contributed by atoms with E-state index in [1.54, 1.807) is 0 Å². The Morgan fingerprint density at radius 3 is 1.06 bits per heavy atom. The SMILES string of the molecule is CN(C1=C2C(=C(N(C)c3ccccc3)c3ccccc32)c2ccccc21)c1ccccc1. The summed E-state index contributed by atoms with van der Waals surface area (Å²) in [5, 5.41) is 0. The first-order valence-corrected chi connectivity index (χ1v) is 11.0. The number of fused-ring (bicyclic) bond motifs is 5. The highest BCUT2D eigenvalue weighted by Crippen LogP contribution is 2.57. The molecule has 4 aromatic rings. The number of benzene rings is 4. The van der Waals surface area contributed by atoms with Gasteiger partial charge in [0.1, 0.15) is 0 Å². The minimum Gasteiger partial charge on any atom is -0.344 e. The molecule has 0 heterocycles. The Kier molecular flexibility index (Phi) is 4.26. The van der Waals surface area contributed by atoms with Crippen LogP contribution in [0, 0.1) is 0 Å². The molecule has 0 spiro atoms.